The molecule has 2 amide bonds. The largest absolute Gasteiger partial charge is 0.434 e. The summed E-state index contributed by atoms with van der Waals surface area (Å²) in [5, 5.41) is 14.6. The number of nitrogens with zero attached hydrogens (tertiary/aromatic N) is 4. The fourth-order valence-corrected chi connectivity index (χ4v) is 5.48. The maximum absolute atomic E-state index is 14.0. The van der Waals surface area contributed by atoms with Crippen LogP contribution in [0.2, 0.25) is 0 Å². The lowest BCUT2D eigenvalue weighted by Gasteiger charge is -2.27. The van der Waals surface area contributed by atoms with E-state index in [-0.39, 0.29) is 47.8 Å². The van der Waals surface area contributed by atoms with Gasteiger partial charge in [0.05, 0.1) is 27.4 Å². The number of benzene rings is 1. The van der Waals surface area contributed by atoms with Gasteiger partial charge in [-0.15, -0.1) is 0 Å². The molecule has 2 aromatic rings. The Labute approximate surface area is 227 Å². The Morgan fingerprint density at radius 3 is 2.58 bits per heavy atom. The minimum atomic E-state index is -5.04. The third-order valence-electron chi connectivity index (χ3n) is 6.19. The van der Waals surface area contributed by atoms with Gasteiger partial charge in [0, 0.05) is 42.8 Å². The van der Waals surface area contributed by atoms with Crippen molar-refractivity contribution in [3.63, 3.8) is 0 Å². The van der Waals surface area contributed by atoms with Crippen LogP contribution in [0, 0.1) is 18.3 Å². The Morgan fingerprint density at radius 2 is 1.95 bits per heavy atom. The molecule has 1 atom stereocenters. The zero-order valence-electron chi connectivity index (χ0n) is 21.9. The van der Waals surface area contributed by atoms with Crippen molar-refractivity contribution >= 4 is 33.0 Å². The number of rotatable bonds is 6. The number of amides is 2. The third-order valence-corrected chi connectivity index (χ3v) is 7.87. The molecule has 9 nitrogen and oxygen atoms in total. The molecule has 15 heteroatoms. The molecule has 1 fully saturated rings. The number of halogens is 5. The number of alkyl halides is 5. The Bertz CT molecular complexity index is 1480. The highest BCUT2D eigenvalue weighted by atomic mass is 32.2. The monoisotopic (exact) mass is 586 g/mol. The van der Waals surface area contributed by atoms with Crippen LogP contribution >= 0.6 is 0 Å². The minimum Gasteiger partial charge on any atom is -0.356 e. The molecule has 0 bridgehead atoms. The summed E-state index contributed by atoms with van der Waals surface area (Å²) in [5.41, 5.74) is -3.02. The van der Waals surface area contributed by atoms with Crippen molar-refractivity contribution in [1.29, 1.82) is 5.26 Å². The van der Waals surface area contributed by atoms with Gasteiger partial charge in [0.2, 0.25) is 5.92 Å². The van der Waals surface area contributed by atoms with Crippen molar-refractivity contribution < 1.29 is 35.8 Å². The Hall–Kier alpha value is -3.64. The molecule has 1 unspecified atom stereocenters. The van der Waals surface area contributed by atoms with Crippen molar-refractivity contribution in [3.05, 3.63) is 46.6 Å². The fourth-order valence-electron chi connectivity index (χ4n) is 4.24. The van der Waals surface area contributed by atoms with Gasteiger partial charge in [-0.25, -0.2) is 18.0 Å². The number of pyridine rings is 1. The van der Waals surface area contributed by atoms with E-state index >= 15 is 0 Å². The molecule has 1 saturated heterocycles. The van der Waals surface area contributed by atoms with Crippen LogP contribution in [0.1, 0.15) is 46.4 Å². The van der Waals surface area contributed by atoms with E-state index in [0.29, 0.717) is 0 Å². The Balaban J connectivity index is 2.10. The zero-order valence-corrected chi connectivity index (χ0v) is 22.7. The van der Waals surface area contributed by atoms with Gasteiger partial charge >= 0.3 is 6.18 Å². The number of hydrogen-bond acceptors (Lipinski definition) is 7. The van der Waals surface area contributed by atoms with Gasteiger partial charge in [-0.05, 0) is 44.2 Å². The first-order valence-electron chi connectivity index (χ1n) is 12.1. The molecule has 1 aliphatic heterocycles. The lowest BCUT2D eigenvalue weighted by molar-refractivity contribution is -0.141. The van der Waals surface area contributed by atoms with Gasteiger partial charge in [-0.3, -0.25) is 9.59 Å². The lowest BCUT2D eigenvalue weighted by Crippen LogP contribution is -2.31. The van der Waals surface area contributed by atoms with Crippen LogP contribution in [0.4, 0.5) is 33.5 Å². The van der Waals surface area contributed by atoms with Crippen molar-refractivity contribution in [3.8, 4) is 6.07 Å². The maximum atomic E-state index is 14.0. The summed E-state index contributed by atoms with van der Waals surface area (Å²) in [6.07, 6.45) is -4.99. The second-order valence-electron chi connectivity index (χ2n) is 9.26. The summed E-state index contributed by atoms with van der Waals surface area (Å²) in [6.45, 7) is 0.565. The zero-order chi connectivity index (χ0) is 29.9. The summed E-state index contributed by atoms with van der Waals surface area (Å²) >= 11 is 0. The summed E-state index contributed by atoms with van der Waals surface area (Å²) in [6, 6.07) is 7.02. The van der Waals surface area contributed by atoms with E-state index in [1.54, 1.807) is 0 Å². The van der Waals surface area contributed by atoms with E-state index in [4.69, 9.17) is 0 Å². The number of aromatic nitrogens is 1. The van der Waals surface area contributed by atoms with Gasteiger partial charge in [-0.1, -0.05) is 6.07 Å². The highest BCUT2D eigenvalue weighted by molar-refractivity contribution is 7.93. The third kappa shape index (κ3) is 7.11. The number of carbonyl (C=O) groups is 2. The normalized spacial score (nSPS) is 16.8. The Morgan fingerprint density at radius 1 is 1.25 bits per heavy atom. The number of carbonyl (C=O) groups excluding carboxylic acids is 2. The molecule has 1 aromatic heterocycles. The molecule has 0 radical (unpaired) electrons. The number of likely N-dealkylation sites (N-methyl/N-ethyl adjacent to an activating group) is 1. The van der Waals surface area contributed by atoms with E-state index in [9.17, 15) is 41.0 Å². The van der Waals surface area contributed by atoms with Crippen molar-refractivity contribution in [1.82, 2.24) is 10.3 Å². The van der Waals surface area contributed by atoms with Crippen LogP contribution in [0.5, 0.6) is 0 Å². The fraction of sp³-hybridized carbons (Fsp3) is 0.440. The van der Waals surface area contributed by atoms with Crippen molar-refractivity contribution in [2.24, 2.45) is 4.36 Å². The standard InChI is InChI=1S/C25H27F5N6O3S/c1-15-18(13-31)21(25(28,29)30)34-22(36-10-5-8-24(26,27)9-11-36)20(15)23(38)33-16-6-4-7-17(12-16)40(3,39)35-19(37)14-32-2/h4,6-7,12,32H,5,8-11,14H2,1-3H3,(H,33,38). The van der Waals surface area contributed by atoms with Crippen LogP contribution in [-0.2, 0) is 20.7 Å². The summed E-state index contributed by atoms with van der Waals surface area (Å²) in [5.74, 6) is -5.11. The average Bonchev–Trinajstić information content (AvgIpc) is 3.03. The minimum absolute atomic E-state index is 0.0567. The first kappa shape index (κ1) is 30.9. The highest BCUT2D eigenvalue weighted by Gasteiger charge is 2.40. The van der Waals surface area contributed by atoms with E-state index in [2.05, 4.69) is 20.0 Å². The van der Waals surface area contributed by atoms with Crippen LogP contribution in [-0.4, -0.2) is 59.9 Å². The molecular weight excluding hydrogens is 559 g/mol. The van der Waals surface area contributed by atoms with Crippen molar-refractivity contribution in [2.45, 2.75) is 43.2 Å². The maximum Gasteiger partial charge on any atom is 0.434 e. The van der Waals surface area contributed by atoms with Gasteiger partial charge in [0.25, 0.3) is 11.8 Å². The summed E-state index contributed by atoms with van der Waals surface area (Å²) in [4.78, 5) is 30.3. The Kier molecular flexibility index (Phi) is 9.15. The molecule has 216 valence electrons. The first-order chi connectivity index (χ1) is 18.6. The molecule has 0 spiro atoms. The van der Waals surface area contributed by atoms with Gasteiger partial charge in [0.1, 0.15) is 11.9 Å². The smallest absolute Gasteiger partial charge is 0.356 e. The van der Waals surface area contributed by atoms with Gasteiger partial charge in [-0.2, -0.15) is 22.8 Å². The second-order valence-corrected chi connectivity index (χ2v) is 11.5. The predicted octanol–water partition coefficient (Wildman–Crippen LogP) is 4.36. The molecule has 0 aliphatic carbocycles. The van der Waals surface area contributed by atoms with Crippen LogP contribution in [0.15, 0.2) is 33.5 Å². The average molecular weight is 587 g/mol. The number of nitriles is 1. The molecular formula is C25H27F5N6O3S. The molecule has 1 aliphatic rings. The molecule has 3 rings (SSSR count). The van der Waals surface area contributed by atoms with Gasteiger partial charge < -0.3 is 15.5 Å². The second kappa shape index (κ2) is 11.8. The highest BCUT2D eigenvalue weighted by Crippen LogP contribution is 2.38. The first-order valence-corrected chi connectivity index (χ1v) is 14.0. The molecule has 40 heavy (non-hydrogen) atoms. The molecule has 2 N–H and O–H groups in total. The lowest BCUT2D eigenvalue weighted by atomic mass is 10.00. The van der Waals surface area contributed by atoms with Gasteiger partial charge in [0.15, 0.2) is 5.69 Å². The summed E-state index contributed by atoms with van der Waals surface area (Å²) < 4.78 is 86.3. The molecule has 0 saturated carbocycles. The topological polar surface area (TPSA) is 128 Å². The quantitative estimate of drug-likeness (QED) is 0.482. The van der Waals surface area contributed by atoms with E-state index in [0.717, 1.165) is 6.92 Å². The van der Waals surface area contributed by atoms with Crippen LogP contribution in [0.25, 0.3) is 0 Å². The number of nitrogens with one attached hydrogen (secondary N) is 2. The van der Waals surface area contributed by atoms with E-state index in [1.165, 1.54) is 48.5 Å². The predicted molar refractivity (Wildman–Crippen MR) is 138 cm³/mol. The number of hydrogen-bond donors (Lipinski definition) is 2. The van der Waals surface area contributed by atoms with Crippen LogP contribution in [0.3, 0.4) is 0 Å². The molecule has 1 aromatic carbocycles. The SMILES string of the molecule is CNCC(=O)N=S(C)(=O)c1cccc(NC(=O)c2c(N3CCCC(F)(F)CC3)nc(C(F)(F)F)c(C#N)c2C)c1. The van der Waals surface area contributed by atoms with E-state index in [1.807, 2.05) is 0 Å². The van der Waals surface area contributed by atoms with Crippen LogP contribution < -0.4 is 15.5 Å². The van der Waals surface area contributed by atoms with Crippen molar-refractivity contribution in [2.75, 3.05) is 43.2 Å². The molecule has 2 heterocycles. The number of anilines is 2. The van der Waals surface area contributed by atoms with E-state index < -0.39 is 63.6 Å². The summed E-state index contributed by atoms with van der Waals surface area (Å²) in [7, 11) is -1.70.